The van der Waals surface area contributed by atoms with Crippen molar-refractivity contribution >= 4 is 28.5 Å². The lowest BCUT2D eigenvalue weighted by molar-refractivity contribution is 0.0694. The number of pyridine rings is 1. The molecular weight excluding hydrogens is 449 g/mol. The standard InChI is InChI=1S/C25H27ClFNO5/c1-4-6-17(13-29)28-12-19(25(31)32)24(30)18-10-15(11-21(23(18)28)33-14(2)3)9-16-7-5-8-20(26)22(16)27/h5,7-8,10-12,14,17,29H,4,6,9,13H2,1-3H3,(H,31,32)/t17-/m0/s1. The van der Waals surface area contributed by atoms with Crippen LogP contribution in [0.4, 0.5) is 4.39 Å². The summed E-state index contributed by atoms with van der Waals surface area (Å²) in [6.45, 7) is 5.38. The van der Waals surface area contributed by atoms with Gasteiger partial charge in [-0.2, -0.15) is 0 Å². The van der Waals surface area contributed by atoms with Gasteiger partial charge in [-0.05, 0) is 49.6 Å². The Morgan fingerprint density at radius 3 is 2.61 bits per heavy atom. The van der Waals surface area contributed by atoms with E-state index in [1.54, 1.807) is 28.8 Å². The van der Waals surface area contributed by atoms with Crippen LogP contribution in [0.25, 0.3) is 10.9 Å². The van der Waals surface area contributed by atoms with Crippen LogP contribution in [0.3, 0.4) is 0 Å². The monoisotopic (exact) mass is 475 g/mol. The van der Waals surface area contributed by atoms with Gasteiger partial charge in [-0.3, -0.25) is 4.79 Å². The first-order valence-electron chi connectivity index (χ1n) is 10.8. The van der Waals surface area contributed by atoms with E-state index in [2.05, 4.69) is 0 Å². The maximum atomic E-state index is 14.5. The SMILES string of the molecule is CCC[C@@H](CO)n1cc(C(=O)O)c(=O)c2cc(Cc3cccc(Cl)c3F)cc(OC(C)C)c21. The Balaban J connectivity index is 2.35. The van der Waals surface area contributed by atoms with Crippen LogP contribution in [0.15, 0.2) is 41.3 Å². The zero-order valence-corrected chi connectivity index (χ0v) is 19.5. The van der Waals surface area contributed by atoms with Gasteiger partial charge in [0.15, 0.2) is 0 Å². The third-order valence-corrected chi connectivity index (χ3v) is 5.69. The van der Waals surface area contributed by atoms with Gasteiger partial charge in [-0.15, -0.1) is 0 Å². The molecule has 3 aromatic rings. The van der Waals surface area contributed by atoms with E-state index in [1.165, 1.54) is 12.3 Å². The summed E-state index contributed by atoms with van der Waals surface area (Å²) in [7, 11) is 0. The predicted octanol–water partition coefficient (Wildman–Crippen LogP) is 5.20. The number of aliphatic hydroxyl groups excluding tert-OH is 1. The molecule has 0 amide bonds. The van der Waals surface area contributed by atoms with Crippen molar-refractivity contribution in [1.29, 1.82) is 0 Å². The fraction of sp³-hybridized carbons (Fsp3) is 0.360. The van der Waals surface area contributed by atoms with Crippen molar-refractivity contribution in [2.24, 2.45) is 0 Å². The molecule has 0 bridgehead atoms. The third-order valence-electron chi connectivity index (χ3n) is 5.40. The molecule has 0 radical (unpaired) electrons. The van der Waals surface area contributed by atoms with Gasteiger partial charge < -0.3 is 19.5 Å². The van der Waals surface area contributed by atoms with E-state index in [4.69, 9.17) is 16.3 Å². The van der Waals surface area contributed by atoms with Crippen molar-refractivity contribution in [3.8, 4) is 5.75 Å². The molecule has 0 saturated carbocycles. The number of benzene rings is 2. The topological polar surface area (TPSA) is 88.8 Å². The number of hydrogen-bond acceptors (Lipinski definition) is 4. The van der Waals surface area contributed by atoms with Crippen LogP contribution < -0.4 is 10.2 Å². The van der Waals surface area contributed by atoms with Gasteiger partial charge in [-0.25, -0.2) is 9.18 Å². The number of fused-ring (bicyclic) bond motifs is 1. The molecule has 1 aromatic heterocycles. The zero-order chi connectivity index (χ0) is 24.3. The number of carbonyl (C=O) groups is 1. The van der Waals surface area contributed by atoms with Crippen molar-refractivity contribution in [1.82, 2.24) is 4.57 Å². The molecule has 176 valence electrons. The van der Waals surface area contributed by atoms with E-state index in [1.807, 2.05) is 20.8 Å². The number of ether oxygens (including phenoxy) is 1. The highest BCUT2D eigenvalue weighted by Gasteiger charge is 2.23. The smallest absolute Gasteiger partial charge is 0.341 e. The van der Waals surface area contributed by atoms with Crippen LogP contribution >= 0.6 is 11.6 Å². The van der Waals surface area contributed by atoms with Gasteiger partial charge in [0.05, 0.1) is 34.7 Å². The average Bonchev–Trinajstić information content (AvgIpc) is 2.75. The van der Waals surface area contributed by atoms with E-state index in [0.717, 1.165) is 6.42 Å². The van der Waals surface area contributed by atoms with E-state index < -0.39 is 28.8 Å². The number of aromatic nitrogens is 1. The summed E-state index contributed by atoms with van der Waals surface area (Å²) in [4.78, 5) is 25.0. The summed E-state index contributed by atoms with van der Waals surface area (Å²) in [5, 5.41) is 19.8. The van der Waals surface area contributed by atoms with Gasteiger partial charge in [-0.1, -0.05) is 37.1 Å². The molecule has 1 atom stereocenters. The molecule has 3 rings (SSSR count). The largest absolute Gasteiger partial charge is 0.489 e. The summed E-state index contributed by atoms with van der Waals surface area (Å²) in [5.74, 6) is -1.55. The molecule has 0 aliphatic rings. The predicted molar refractivity (Wildman–Crippen MR) is 126 cm³/mol. The normalized spacial score (nSPS) is 12.3. The van der Waals surface area contributed by atoms with Crippen molar-refractivity contribution < 1.29 is 24.1 Å². The Hall–Kier alpha value is -2.90. The lowest BCUT2D eigenvalue weighted by Crippen LogP contribution is -2.24. The Kier molecular flexibility index (Phi) is 7.76. The van der Waals surface area contributed by atoms with Crippen LogP contribution in [-0.4, -0.2) is 33.5 Å². The second-order valence-corrected chi connectivity index (χ2v) is 8.66. The molecule has 8 heteroatoms. The van der Waals surface area contributed by atoms with Crippen LogP contribution in [-0.2, 0) is 6.42 Å². The summed E-state index contributed by atoms with van der Waals surface area (Å²) >= 11 is 5.92. The Labute approximate surface area is 196 Å². The lowest BCUT2D eigenvalue weighted by atomic mass is 10.00. The lowest BCUT2D eigenvalue weighted by Gasteiger charge is -2.24. The molecule has 1 heterocycles. The maximum absolute atomic E-state index is 14.5. The number of rotatable bonds is 9. The number of halogens is 2. The van der Waals surface area contributed by atoms with Crippen molar-refractivity contribution in [3.05, 3.63) is 74.3 Å². The molecule has 2 N–H and O–H groups in total. The Bertz CT molecular complexity index is 1240. The number of nitrogens with zero attached hydrogens (tertiary/aromatic N) is 1. The van der Waals surface area contributed by atoms with E-state index in [-0.39, 0.29) is 29.5 Å². The Morgan fingerprint density at radius 1 is 1.27 bits per heavy atom. The van der Waals surface area contributed by atoms with Crippen molar-refractivity contribution in [2.75, 3.05) is 6.61 Å². The van der Waals surface area contributed by atoms with E-state index >= 15 is 0 Å². The maximum Gasteiger partial charge on any atom is 0.341 e. The van der Waals surface area contributed by atoms with Gasteiger partial charge in [0.2, 0.25) is 5.43 Å². The van der Waals surface area contributed by atoms with Crippen LogP contribution in [0, 0.1) is 5.82 Å². The molecule has 0 aliphatic carbocycles. The molecule has 6 nitrogen and oxygen atoms in total. The zero-order valence-electron chi connectivity index (χ0n) is 18.8. The fourth-order valence-electron chi connectivity index (χ4n) is 3.95. The Morgan fingerprint density at radius 2 is 2.00 bits per heavy atom. The number of aliphatic hydroxyl groups is 1. The summed E-state index contributed by atoms with van der Waals surface area (Å²) < 4.78 is 22.2. The molecule has 0 saturated heterocycles. The first kappa shape index (κ1) is 24.7. The van der Waals surface area contributed by atoms with Gasteiger partial charge in [0.1, 0.15) is 17.1 Å². The molecule has 0 unspecified atom stereocenters. The summed E-state index contributed by atoms with van der Waals surface area (Å²) in [6.07, 6.45) is 2.48. The highest BCUT2D eigenvalue weighted by Crippen LogP contribution is 2.32. The number of aromatic carboxylic acids is 1. The average molecular weight is 476 g/mol. The molecule has 0 spiro atoms. The third kappa shape index (κ3) is 5.20. The molecule has 2 aromatic carbocycles. The van der Waals surface area contributed by atoms with Crippen molar-refractivity contribution in [2.45, 2.75) is 52.2 Å². The number of carboxylic acids is 1. The van der Waals surface area contributed by atoms with Crippen LogP contribution in [0.2, 0.25) is 5.02 Å². The van der Waals surface area contributed by atoms with Crippen LogP contribution in [0.1, 0.15) is 61.1 Å². The van der Waals surface area contributed by atoms with Crippen molar-refractivity contribution in [3.63, 3.8) is 0 Å². The molecular formula is C25H27ClFNO5. The minimum absolute atomic E-state index is 0.00665. The summed E-state index contributed by atoms with van der Waals surface area (Å²) in [6, 6.07) is 7.53. The molecule has 0 fully saturated rings. The van der Waals surface area contributed by atoms with Gasteiger partial charge >= 0.3 is 5.97 Å². The highest BCUT2D eigenvalue weighted by atomic mass is 35.5. The quantitative estimate of drug-likeness (QED) is 0.444. The van der Waals surface area contributed by atoms with E-state index in [9.17, 15) is 24.2 Å². The molecule has 0 aliphatic heterocycles. The number of carboxylic acid groups (broad SMARTS) is 1. The molecule has 33 heavy (non-hydrogen) atoms. The van der Waals surface area contributed by atoms with Crippen LogP contribution in [0.5, 0.6) is 5.75 Å². The highest BCUT2D eigenvalue weighted by molar-refractivity contribution is 6.30. The second kappa shape index (κ2) is 10.4. The first-order valence-corrected chi connectivity index (χ1v) is 11.2. The second-order valence-electron chi connectivity index (χ2n) is 8.26. The number of hydrogen-bond donors (Lipinski definition) is 2. The minimum atomic E-state index is -1.36. The van der Waals surface area contributed by atoms with E-state index in [0.29, 0.717) is 28.8 Å². The first-order chi connectivity index (χ1) is 15.7. The van der Waals surface area contributed by atoms with Gasteiger partial charge in [0, 0.05) is 12.6 Å². The fourth-order valence-corrected chi connectivity index (χ4v) is 4.15. The minimum Gasteiger partial charge on any atom is -0.489 e. The van der Waals surface area contributed by atoms with Gasteiger partial charge in [0.25, 0.3) is 0 Å². The summed E-state index contributed by atoms with van der Waals surface area (Å²) in [5.41, 5.74) is 0.247.